The Kier molecular flexibility index (Phi) is 5.38. The van der Waals surface area contributed by atoms with E-state index in [-0.39, 0.29) is 29.4 Å². The maximum absolute atomic E-state index is 12.6. The van der Waals surface area contributed by atoms with Crippen molar-refractivity contribution in [2.75, 3.05) is 19.8 Å². The topological polar surface area (TPSA) is 107 Å². The van der Waals surface area contributed by atoms with Crippen LogP contribution in [0.15, 0.2) is 29.1 Å². The molecule has 2 heterocycles. The lowest BCUT2D eigenvalue weighted by molar-refractivity contribution is -0.156. The number of urea groups is 1. The number of amides is 4. The van der Waals surface area contributed by atoms with Gasteiger partial charge in [-0.05, 0) is 18.7 Å². The number of fused-ring (bicyclic) bond motifs is 1. The van der Waals surface area contributed by atoms with Gasteiger partial charge in [-0.1, -0.05) is 19.1 Å². The molecule has 0 aliphatic carbocycles. The molecule has 0 spiro atoms. The first-order chi connectivity index (χ1) is 13.6. The second-order valence-corrected chi connectivity index (χ2v) is 6.34. The molecule has 1 aromatic carbocycles. The van der Waals surface area contributed by atoms with E-state index in [1.54, 1.807) is 31.2 Å². The minimum Gasteiger partial charge on any atom is -0.309 e. The number of halogens is 3. The molecule has 1 N–H and O–H groups in total. The molecule has 9 nitrogen and oxygen atoms in total. The van der Waals surface area contributed by atoms with Gasteiger partial charge in [-0.25, -0.2) is 19.6 Å². The summed E-state index contributed by atoms with van der Waals surface area (Å²) >= 11 is 0. The molecule has 0 atom stereocenters. The van der Waals surface area contributed by atoms with Gasteiger partial charge in [0.1, 0.15) is 12.4 Å². The average molecular weight is 411 g/mol. The number of imide groups is 2. The first kappa shape index (κ1) is 20.5. The van der Waals surface area contributed by atoms with Crippen molar-refractivity contribution in [2.45, 2.75) is 19.6 Å². The van der Waals surface area contributed by atoms with E-state index in [1.165, 1.54) is 4.90 Å². The fourth-order valence-electron chi connectivity index (χ4n) is 2.88. The lowest BCUT2D eigenvalue weighted by Crippen LogP contribution is -2.43. The van der Waals surface area contributed by atoms with Crippen molar-refractivity contribution in [1.82, 2.24) is 24.7 Å². The summed E-state index contributed by atoms with van der Waals surface area (Å²) in [7, 11) is 0. The van der Waals surface area contributed by atoms with Crippen LogP contribution in [0.2, 0.25) is 0 Å². The number of hydrogen-bond donors (Lipinski definition) is 1. The smallest absolute Gasteiger partial charge is 0.309 e. The van der Waals surface area contributed by atoms with E-state index in [2.05, 4.69) is 9.97 Å². The van der Waals surface area contributed by atoms with Crippen LogP contribution in [0.1, 0.15) is 12.7 Å². The predicted octanol–water partition coefficient (Wildman–Crippen LogP) is 1.06. The number of H-pyrrole nitrogens is 1. The predicted molar refractivity (Wildman–Crippen MR) is 93.3 cm³/mol. The molecule has 29 heavy (non-hydrogen) atoms. The van der Waals surface area contributed by atoms with E-state index >= 15 is 0 Å². The minimum atomic E-state index is -4.82. The molecule has 3 rings (SSSR count). The second-order valence-electron chi connectivity index (χ2n) is 6.34. The van der Waals surface area contributed by atoms with Gasteiger partial charge in [-0.15, -0.1) is 0 Å². The molecule has 154 valence electrons. The van der Waals surface area contributed by atoms with E-state index in [4.69, 9.17) is 0 Å². The Balaban J connectivity index is 1.78. The van der Waals surface area contributed by atoms with Crippen molar-refractivity contribution in [3.63, 3.8) is 0 Å². The molecule has 1 saturated heterocycles. The number of alkyl halides is 3. The molecule has 1 aliphatic rings. The highest BCUT2D eigenvalue weighted by molar-refractivity contribution is 6.44. The molecular formula is C17H16F3N5O4. The molecule has 1 fully saturated rings. The van der Waals surface area contributed by atoms with Crippen LogP contribution < -0.4 is 5.56 Å². The summed E-state index contributed by atoms with van der Waals surface area (Å²) in [6.07, 6.45) is -4.82. The van der Waals surface area contributed by atoms with Crippen LogP contribution in [-0.2, 0) is 16.1 Å². The van der Waals surface area contributed by atoms with E-state index in [0.717, 1.165) is 0 Å². The number of carbonyl (C=O) groups is 3. The van der Waals surface area contributed by atoms with Crippen molar-refractivity contribution < 1.29 is 27.6 Å². The second kappa shape index (κ2) is 7.62. The van der Waals surface area contributed by atoms with Gasteiger partial charge in [0.05, 0.1) is 24.1 Å². The number of nitrogens with one attached hydrogen (secondary N) is 1. The molecule has 12 heteroatoms. The average Bonchev–Trinajstić information content (AvgIpc) is 2.84. The summed E-state index contributed by atoms with van der Waals surface area (Å²) in [5.41, 5.74) is 0.0728. The first-order valence-corrected chi connectivity index (χ1v) is 8.55. The molecule has 0 bridgehead atoms. The molecule has 1 aromatic heterocycles. The number of hydrogen-bond acceptors (Lipinski definition) is 6. The zero-order valence-corrected chi connectivity index (χ0v) is 15.2. The number of aromatic amines is 1. The van der Waals surface area contributed by atoms with Gasteiger partial charge in [-0.3, -0.25) is 19.3 Å². The molecule has 0 radical (unpaired) electrons. The summed E-state index contributed by atoms with van der Waals surface area (Å²) in [5.74, 6) is -2.62. The van der Waals surface area contributed by atoms with Crippen LogP contribution in [0.5, 0.6) is 0 Å². The van der Waals surface area contributed by atoms with E-state index in [0.29, 0.717) is 15.8 Å². The van der Waals surface area contributed by atoms with Crippen molar-refractivity contribution in [2.24, 2.45) is 0 Å². The fraction of sp³-hybridized carbons (Fsp3) is 0.353. The summed E-state index contributed by atoms with van der Waals surface area (Å²) in [4.78, 5) is 56.7. The third-order valence-corrected chi connectivity index (χ3v) is 4.30. The molecular weight excluding hydrogens is 395 g/mol. The highest BCUT2D eigenvalue weighted by Gasteiger charge is 2.49. The van der Waals surface area contributed by atoms with E-state index in [9.17, 15) is 32.3 Å². The van der Waals surface area contributed by atoms with Gasteiger partial charge < -0.3 is 4.98 Å². The third-order valence-electron chi connectivity index (χ3n) is 4.30. The standard InChI is InChI=1S/C17H16F3N5O4/c1-2-23(7-12-21-11-6-4-3-5-10(11)13(26)22-12)9-25-15(28)14(27)24(16(25)29)8-17(18,19)20/h3-6H,2,7-9H2,1H3,(H,21,22,26). The van der Waals surface area contributed by atoms with E-state index in [1.807, 2.05) is 0 Å². The zero-order chi connectivity index (χ0) is 21.3. The number of rotatable bonds is 6. The Hall–Kier alpha value is -3.28. The monoisotopic (exact) mass is 411 g/mol. The van der Waals surface area contributed by atoms with E-state index < -0.39 is 37.2 Å². The quantitative estimate of drug-likeness (QED) is 0.563. The van der Waals surface area contributed by atoms with Crippen LogP contribution >= 0.6 is 0 Å². The molecule has 0 unspecified atom stereocenters. The number of benzene rings is 1. The molecule has 2 aromatic rings. The Morgan fingerprint density at radius 3 is 2.38 bits per heavy atom. The lowest BCUT2D eigenvalue weighted by Gasteiger charge is -2.24. The van der Waals surface area contributed by atoms with Crippen LogP contribution in [-0.4, -0.2) is 68.4 Å². The van der Waals surface area contributed by atoms with Crippen LogP contribution in [0, 0.1) is 0 Å². The van der Waals surface area contributed by atoms with Crippen LogP contribution in [0.4, 0.5) is 18.0 Å². The van der Waals surface area contributed by atoms with Crippen LogP contribution in [0.3, 0.4) is 0 Å². The molecule has 4 amide bonds. The number of carbonyl (C=O) groups excluding carboxylic acids is 3. The SMILES string of the molecule is CCN(Cc1nc2ccccc2c(=O)[nH]1)CN1C(=O)C(=O)N(CC(F)(F)F)C1=O. The Labute approximate surface area is 161 Å². The van der Waals surface area contributed by atoms with Gasteiger partial charge in [0.2, 0.25) is 0 Å². The van der Waals surface area contributed by atoms with Gasteiger partial charge >= 0.3 is 24.0 Å². The third kappa shape index (κ3) is 4.26. The van der Waals surface area contributed by atoms with Crippen LogP contribution in [0.25, 0.3) is 10.9 Å². The van der Waals surface area contributed by atoms with Gasteiger partial charge in [0.25, 0.3) is 5.56 Å². The Bertz CT molecular complexity index is 1040. The van der Waals surface area contributed by atoms with Gasteiger partial charge in [0, 0.05) is 0 Å². The maximum atomic E-state index is 12.6. The minimum absolute atomic E-state index is 0.00109. The van der Waals surface area contributed by atoms with Crippen molar-refractivity contribution in [1.29, 1.82) is 0 Å². The zero-order valence-electron chi connectivity index (χ0n) is 15.2. The Morgan fingerprint density at radius 2 is 1.72 bits per heavy atom. The number of aromatic nitrogens is 2. The largest absolute Gasteiger partial charge is 0.406 e. The highest BCUT2D eigenvalue weighted by Crippen LogP contribution is 2.21. The molecule has 0 saturated carbocycles. The van der Waals surface area contributed by atoms with Gasteiger partial charge in [-0.2, -0.15) is 13.2 Å². The van der Waals surface area contributed by atoms with Crippen molar-refractivity contribution in [3.8, 4) is 0 Å². The van der Waals surface area contributed by atoms with Crippen molar-refractivity contribution in [3.05, 3.63) is 40.4 Å². The van der Waals surface area contributed by atoms with Gasteiger partial charge in [0.15, 0.2) is 0 Å². The Morgan fingerprint density at radius 1 is 1.07 bits per heavy atom. The normalized spacial score (nSPS) is 15.3. The fourth-order valence-corrected chi connectivity index (χ4v) is 2.88. The summed E-state index contributed by atoms with van der Waals surface area (Å²) in [6, 6.07) is 5.30. The molecule has 1 aliphatic heterocycles. The number of nitrogens with zero attached hydrogens (tertiary/aromatic N) is 4. The lowest BCUT2D eigenvalue weighted by atomic mass is 10.2. The summed E-state index contributed by atoms with van der Waals surface area (Å²) in [6.45, 7) is -0.314. The highest BCUT2D eigenvalue weighted by atomic mass is 19.4. The summed E-state index contributed by atoms with van der Waals surface area (Å²) in [5, 5.41) is 0.387. The number of para-hydroxylation sites is 1. The maximum Gasteiger partial charge on any atom is 0.406 e. The van der Waals surface area contributed by atoms with Crippen molar-refractivity contribution >= 4 is 28.7 Å². The summed E-state index contributed by atoms with van der Waals surface area (Å²) < 4.78 is 37.7. The first-order valence-electron chi connectivity index (χ1n) is 8.55.